The molecule has 0 bridgehead atoms. The summed E-state index contributed by atoms with van der Waals surface area (Å²) in [6.07, 6.45) is 2.40. The van der Waals surface area contributed by atoms with E-state index in [-0.39, 0.29) is 18.0 Å². The molecule has 8 nitrogen and oxygen atoms in total. The van der Waals surface area contributed by atoms with Crippen LogP contribution in [-0.4, -0.2) is 53.3 Å². The zero-order valence-corrected chi connectivity index (χ0v) is 15.2. The second kappa shape index (κ2) is 8.09. The average Bonchev–Trinajstić information content (AvgIpc) is 2.63. The van der Waals surface area contributed by atoms with Gasteiger partial charge in [-0.1, -0.05) is 0 Å². The fraction of sp³-hybridized carbons (Fsp3) is 0.444. The van der Waals surface area contributed by atoms with Crippen LogP contribution in [0.5, 0.6) is 5.88 Å². The lowest BCUT2D eigenvalue weighted by Gasteiger charge is -2.33. The number of carbonyl (C=O) groups excluding carboxylic acids is 1. The molecule has 0 saturated carbocycles. The third-order valence-electron chi connectivity index (χ3n) is 4.22. The van der Waals surface area contributed by atoms with Crippen LogP contribution in [0, 0.1) is 13.8 Å². The number of ether oxygens (including phenoxy) is 2. The predicted octanol–water partition coefficient (Wildman–Crippen LogP) is 1.50. The monoisotopic (exact) mass is 357 g/mol. The maximum absolute atomic E-state index is 12.7. The summed E-state index contributed by atoms with van der Waals surface area (Å²) < 4.78 is 10.8. The van der Waals surface area contributed by atoms with Crippen molar-refractivity contribution in [2.24, 2.45) is 0 Å². The minimum Gasteiger partial charge on any atom is -0.480 e. The molecular formula is C18H23N5O3. The van der Waals surface area contributed by atoms with Crippen molar-refractivity contribution < 1.29 is 14.3 Å². The summed E-state index contributed by atoms with van der Waals surface area (Å²) in [4.78, 5) is 25.4. The maximum Gasteiger partial charge on any atom is 0.257 e. The Hall–Kier alpha value is -2.74. The molecule has 0 aliphatic carbocycles. The number of nitrogens with one attached hydrogen (secondary N) is 2. The number of amides is 1. The highest BCUT2D eigenvalue weighted by Gasteiger charge is 2.28. The summed E-state index contributed by atoms with van der Waals surface area (Å²) in [6, 6.07) is 5.13. The van der Waals surface area contributed by atoms with Gasteiger partial charge in [0, 0.05) is 18.5 Å². The van der Waals surface area contributed by atoms with E-state index in [0.717, 1.165) is 5.69 Å². The molecule has 2 aromatic rings. The Labute approximate surface area is 152 Å². The first-order chi connectivity index (χ1) is 12.6. The predicted molar refractivity (Wildman–Crippen MR) is 96.4 cm³/mol. The van der Waals surface area contributed by atoms with Gasteiger partial charge in [-0.15, -0.1) is 0 Å². The van der Waals surface area contributed by atoms with Crippen molar-refractivity contribution in [1.29, 1.82) is 0 Å². The standard InChI is InChI=1S/C18H23N5O3/c1-11-4-5-13(18(20-11)25-3)17(24)23-14-7-9-26-10-15(14)22-16-6-8-19-12(2)21-16/h4-6,8,14-15H,7,9-10H2,1-3H3,(H,23,24)(H,19,21,22)/t14-,15+/m0/s1. The quantitative estimate of drug-likeness (QED) is 0.836. The van der Waals surface area contributed by atoms with Crippen LogP contribution in [0.15, 0.2) is 24.4 Å². The molecule has 3 heterocycles. The molecule has 0 aromatic carbocycles. The van der Waals surface area contributed by atoms with E-state index in [4.69, 9.17) is 9.47 Å². The molecule has 1 saturated heterocycles. The zero-order chi connectivity index (χ0) is 18.5. The molecule has 2 N–H and O–H groups in total. The van der Waals surface area contributed by atoms with Crippen LogP contribution in [0.25, 0.3) is 0 Å². The van der Waals surface area contributed by atoms with Crippen LogP contribution in [0.4, 0.5) is 5.82 Å². The number of anilines is 1. The normalized spacial score (nSPS) is 19.7. The summed E-state index contributed by atoms with van der Waals surface area (Å²) >= 11 is 0. The Bertz CT molecular complexity index is 783. The van der Waals surface area contributed by atoms with Crippen molar-refractivity contribution in [3.05, 3.63) is 41.5 Å². The van der Waals surface area contributed by atoms with Gasteiger partial charge in [-0.05, 0) is 38.5 Å². The first-order valence-corrected chi connectivity index (χ1v) is 8.53. The molecular weight excluding hydrogens is 334 g/mol. The summed E-state index contributed by atoms with van der Waals surface area (Å²) in [5, 5.41) is 6.40. The third-order valence-corrected chi connectivity index (χ3v) is 4.22. The number of methoxy groups -OCH3 is 1. The summed E-state index contributed by atoms with van der Waals surface area (Å²) in [5.41, 5.74) is 1.21. The smallest absolute Gasteiger partial charge is 0.257 e. The molecule has 2 atom stereocenters. The number of aryl methyl sites for hydroxylation is 2. The maximum atomic E-state index is 12.7. The van der Waals surface area contributed by atoms with Crippen LogP contribution >= 0.6 is 0 Å². The lowest BCUT2D eigenvalue weighted by atomic mass is 10.0. The molecule has 1 aliphatic heterocycles. The Morgan fingerprint density at radius 1 is 1.23 bits per heavy atom. The molecule has 3 rings (SSSR count). The number of carbonyl (C=O) groups is 1. The van der Waals surface area contributed by atoms with Crippen molar-refractivity contribution in [1.82, 2.24) is 20.3 Å². The highest BCUT2D eigenvalue weighted by Crippen LogP contribution is 2.18. The molecule has 1 fully saturated rings. The first-order valence-electron chi connectivity index (χ1n) is 8.53. The molecule has 0 radical (unpaired) electrons. The van der Waals surface area contributed by atoms with E-state index in [9.17, 15) is 4.79 Å². The van der Waals surface area contributed by atoms with E-state index < -0.39 is 0 Å². The van der Waals surface area contributed by atoms with Crippen molar-refractivity contribution in [3.63, 3.8) is 0 Å². The zero-order valence-electron chi connectivity index (χ0n) is 15.2. The highest BCUT2D eigenvalue weighted by molar-refractivity contribution is 5.96. The van der Waals surface area contributed by atoms with E-state index in [1.165, 1.54) is 7.11 Å². The van der Waals surface area contributed by atoms with E-state index in [1.54, 1.807) is 24.4 Å². The average molecular weight is 357 g/mol. The lowest BCUT2D eigenvalue weighted by Crippen LogP contribution is -2.52. The minimum atomic E-state index is -0.216. The second-order valence-electron chi connectivity index (χ2n) is 6.19. The van der Waals surface area contributed by atoms with E-state index in [2.05, 4.69) is 25.6 Å². The lowest BCUT2D eigenvalue weighted by molar-refractivity contribution is 0.0618. The molecule has 138 valence electrons. The largest absolute Gasteiger partial charge is 0.480 e. The van der Waals surface area contributed by atoms with Gasteiger partial charge in [0.25, 0.3) is 5.91 Å². The number of hydrogen-bond acceptors (Lipinski definition) is 7. The Morgan fingerprint density at radius 3 is 2.85 bits per heavy atom. The van der Waals surface area contributed by atoms with Crippen molar-refractivity contribution in [2.75, 3.05) is 25.6 Å². The minimum absolute atomic E-state index is 0.0913. The van der Waals surface area contributed by atoms with Crippen molar-refractivity contribution >= 4 is 11.7 Å². The van der Waals surface area contributed by atoms with Gasteiger partial charge in [-0.25, -0.2) is 15.0 Å². The van der Waals surface area contributed by atoms with Gasteiger partial charge >= 0.3 is 0 Å². The third kappa shape index (κ3) is 4.26. The van der Waals surface area contributed by atoms with Gasteiger partial charge in [0.15, 0.2) is 0 Å². The number of aromatic nitrogens is 3. The topological polar surface area (TPSA) is 98.3 Å². The molecule has 0 unspecified atom stereocenters. The first kappa shape index (κ1) is 18.1. The van der Waals surface area contributed by atoms with Gasteiger partial charge in [-0.3, -0.25) is 4.79 Å². The molecule has 8 heteroatoms. The number of nitrogens with zero attached hydrogens (tertiary/aromatic N) is 3. The van der Waals surface area contributed by atoms with Gasteiger partial charge < -0.3 is 20.1 Å². The van der Waals surface area contributed by atoms with E-state index >= 15 is 0 Å². The molecule has 0 spiro atoms. The van der Waals surface area contributed by atoms with E-state index in [0.29, 0.717) is 42.7 Å². The highest BCUT2D eigenvalue weighted by atomic mass is 16.5. The summed E-state index contributed by atoms with van der Waals surface area (Å²) in [7, 11) is 1.51. The molecule has 1 aliphatic rings. The number of rotatable bonds is 5. The summed E-state index contributed by atoms with van der Waals surface area (Å²) in [5.74, 6) is 1.50. The van der Waals surface area contributed by atoms with Gasteiger partial charge in [0.05, 0.1) is 25.8 Å². The Balaban J connectivity index is 1.73. The van der Waals surface area contributed by atoms with E-state index in [1.807, 2.05) is 13.8 Å². The fourth-order valence-electron chi connectivity index (χ4n) is 2.89. The SMILES string of the molecule is COc1nc(C)ccc1C(=O)N[C@H]1CCOC[C@H]1Nc1ccnc(C)n1. The van der Waals surface area contributed by atoms with Crippen LogP contribution in [-0.2, 0) is 4.74 Å². The van der Waals surface area contributed by atoms with Gasteiger partial charge in [0.2, 0.25) is 5.88 Å². The second-order valence-corrected chi connectivity index (χ2v) is 6.19. The molecule has 1 amide bonds. The molecule has 26 heavy (non-hydrogen) atoms. The van der Waals surface area contributed by atoms with Gasteiger partial charge in [0.1, 0.15) is 17.2 Å². The van der Waals surface area contributed by atoms with Crippen LogP contribution in [0.3, 0.4) is 0 Å². The number of hydrogen-bond donors (Lipinski definition) is 2. The molecule has 2 aromatic heterocycles. The van der Waals surface area contributed by atoms with Crippen LogP contribution < -0.4 is 15.4 Å². The summed E-state index contributed by atoms with van der Waals surface area (Å²) in [6.45, 7) is 4.76. The van der Waals surface area contributed by atoms with Crippen LogP contribution in [0.1, 0.15) is 28.3 Å². The number of pyridine rings is 1. The van der Waals surface area contributed by atoms with Crippen LogP contribution in [0.2, 0.25) is 0 Å². The fourth-order valence-corrected chi connectivity index (χ4v) is 2.89. The Kier molecular flexibility index (Phi) is 5.62. The van der Waals surface area contributed by atoms with Crippen molar-refractivity contribution in [2.45, 2.75) is 32.4 Å². The van der Waals surface area contributed by atoms with Crippen molar-refractivity contribution in [3.8, 4) is 5.88 Å². The van der Waals surface area contributed by atoms with Gasteiger partial charge in [-0.2, -0.15) is 0 Å². The Morgan fingerprint density at radius 2 is 2.08 bits per heavy atom.